The summed E-state index contributed by atoms with van der Waals surface area (Å²) < 4.78 is 1.34. The van der Waals surface area contributed by atoms with E-state index in [0.29, 0.717) is 4.73 Å². The van der Waals surface area contributed by atoms with Gasteiger partial charge >= 0.3 is 93.1 Å². The average molecular weight is 304 g/mol. The van der Waals surface area contributed by atoms with Gasteiger partial charge in [0.25, 0.3) is 0 Å². The van der Waals surface area contributed by atoms with Gasteiger partial charge in [-0.25, -0.2) is 0 Å². The van der Waals surface area contributed by atoms with Crippen molar-refractivity contribution in [2.24, 2.45) is 15.9 Å². The number of hydrogen-bond acceptors (Lipinski definition) is 2. The van der Waals surface area contributed by atoms with E-state index in [0.717, 1.165) is 10.0 Å². The molecule has 0 atom stereocenters. The molecule has 0 aliphatic heterocycles. The number of benzene rings is 1. The molecule has 67 valence electrons. The van der Waals surface area contributed by atoms with Crippen LogP contribution in [0.1, 0.15) is 5.56 Å². The van der Waals surface area contributed by atoms with Crippen molar-refractivity contribution in [3.63, 3.8) is 0 Å². The van der Waals surface area contributed by atoms with E-state index in [1.807, 2.05) is 24.3 Å². The predicted molar refractivity (Wildman–Crippen MR) is 59.1 cm³/mol. The minimum absolute atomic E-state index is 0.325. The topological polar surface area (TPSA) is 50.7 Å². The van der Waals surface area contributed by atoms with E-state index in [1.54, 1.807) is 6.21 Å². The standard InChI is InChI=1S/C8H7BrN3Se/c9-7-3-1-2-6(4-7)5-11-12-8(10)13/h1-5H,(H2,10,12)/b11-5+. The number of halogens is 1. The molecule has 0 saturated heterocycles. The molecule has 0 fully saturated rings. The molecule has 0 bridgehead atoms. The molecule has 0 aliphatic rings. The van der Waals surface area contributed by atoms with Gasteiger partial charge in [-0.1, -0.05) is 0 Å². The third-order valence-corrected chi connectivity index (χ3v) is 1.88. The first-order valence-corrected chi connectivity index (χ1v) is 5.12. The summed E-state index contributed by atoms with van der Waals surface area (Å²) >= 11 is 5.90. The fourth-order valence-corrected chi connectivity index (χ4v) is 1.26. The van der Waals surface area contributed by atoms with Gasteiger partial charge in [0.15, 0.2) is 0 Å². The van der Waals surface area contributed by atoms with Gasteiger partial charge in [-0.3, -0.25) is 0 Å². The van der Waals surface area contributed by atoms with Crippen LogP contribution in [0.4, 0.5) is 0 Å². The van der Waals surface area contributed by atoms with Crippen LogP contribution in [-0.4, -0.2) is 27.0 Å². The van der Waals surface area contributed by atoms with Crippen LogP contribution in [-0.2, 0) is 0 Å². The quantitative estimate of drug-likeness (QED) is 0.380. The summed E-state index contributed by atoms with van der Waals surface area (Å²) in [5.74, 6) is 0. The molecule has 0 aromatic heterocycles. The maximum absolute atomic E-state index is 5.26. The van der Waals surface area contributed by atoms with Crippen molar-refractivity contribution in [2.45, 2.75) is 0 Å². The van der Waals surface area contributed by atoms with Crippen molar-refractivity contribution in [1.82, 2.24) is 0 Å². The first-order valence-electron chi connectivity index (χ1n) is 3.47. The first-order chi connectivity index (χ1) is 6.18. The fraction of sp³-hybridized carbons (Fsp3) is 0. The summed E-state index contributed by atoms with van der Waals surface area (Å²) in [4.78, 5) is 0. The zero-order valence-corrected chi connectivity index (χ0v) is 9.94. The first kappa shape index (κ1) is 10.4. The summed E-state index contributed by atoms with van der Waals surface area (Å²) in [6, 6.07) is 7.74. The number of hydrogen-bond donors (Lipinski definition) is 1. The van der Waals surface area contributed by atoms with Crippen molar-refractivity contribution in [2.75, 3.05) is 0 Å². The van der Waals surface area contributed by atoms with Crippen LogP contribution in [0.3, 0.4) is 0 Å². The monoisotopic (exact) mass is 304 g/mol. The Kier molecular flexibility index (Phi) is 4.15. The zero-order valence-electron chi connectivity index (χ0n) is 6.64. The molecule has 0 spiro atoms. The summed E-state index contributed by atoms with van der Waals surface area (Å²) in [7, 11) is 0. The molecular formula is C8H7BrN3Se. The van der Waals surface area contributed by atoms with Gasteiger partial charge in [-0.2, -0.15) is 0 Å². The van der Waals surface area contributed by atoms with Crippen LogP contribution >= 0.6 is 15.9 Å². The number of nitrogens with two attached hydrogens (primary N) is 1. The second-order valence-electron chi connectivity index (χ2n) is 2.24. The normalized spacial score (nSPS) is 12.2. The van der Waals surface area contributed by atoms with E-state index in [9.17, 15) is 0 Å². The molecule has 0 heterocycles. The Hall–Kier alpha value is -0.641. The van der Waals surface area contributed by atoms with Crippen molar-refractivity contribution < 1.29 is 0 Å². The molecule has 13 heavy (non-hydrogen) atoms. The second kappa shape index (κ2) is 5.17. The summed E-state index contributed by atoms with van der Waals surface area (Å²) in [6.45, 7) is 0. The summed E-state index contributed by atoms with van der Waals surface area (Å²) in [5, 5.41) is 7.41. The molecule has 1 aromatic rings. The number of amidine groups is 1. The zero-order chi connectivity index (χ0) is 9.68. The van der Waals surface area contributed by atoms with E-state index >= 15 is 0 Å². The van der Waals surface area contributed by atoms with Gasteiger partial charge in [-0.15, -0.1) is 0 Å². The van der Waals surface area contributed by atoms with E-state index in [4.69, 9.17) is 5.73 Å². The van der Waals surface area contributed by atoms with Crippen molar-refractivity contribution >= 4 is 42.9 Å². The Balaban J connectivity index is 2.75. The summed E-state index contributed by atoms with van der Waals surface area (Å²) in [6.07, 6.45) is 1.63. The van der Waals surface area contributed by atoms with Gasteiger partial charge < -0.3 is 0 Å². The Bertz CT molecular complexity index is 345. The van der Waals surface area contributed by atoms with Gasteiger partial charge in [-0.05, 0) is 0 Å². The molecule has 2 N–H and O–H groups in total. The third kappa shape index (κ3) is 4.22. The van der Waals surface area contributed by atoms with Crippen molar-refractivity contribution in [3.05, 3.63) is 34.3 Å². The van der Waals surface area contributed by atoms with Gasteiger partial charge in [0, 0.05) is 0 Å². The van der Waals surface area contributed by atoms with Crippen LogP contribution in [0.2, 0.25) is 0 Å². The van der Waals surface area contributed by atoms with Crippen LogP contribution in [0.5, 0.6) is 0 Å². The fourth-order valence-electron chi connectivity index (χ4n) is 0.739. The summed E-state index contributed by atoms with van der Waals surface area (Å²) in [5.41, 5.74) is 6.23. The van der Waals surface area contributed by atoms with E-state index in [1.165, 1.54) is 0 Å². The molecular weight excluding hydrogens is 297 g/mol. The maximum atomic E-state index is 5.26. The van der Waals surface area contributed by atoms with Gasteiger partial charge in [0.05, 0.1) is 0 Å². The van der Waals surface area contributed by atoms with Crippen LogP contribution in [0, 0.1) is 0 Å². The van der Waals surface area contributed by atoms with E-state index in [2.05, 4.69) is 42.1 Å². The minimum atomic E-state index is 0.325. The predicted octanol–water partition coefficient (Wildman–Crippen LogP) is 1.27. The SMILES string of the molecule is N/C([Se])=N/N=C/c1cccc(Br)c1. The number of nitrogens with zero attached hydrogens (tertiary/aromatic N) is 2. The Morgan fingerprint density at radius 3 is 2.92 bits per heavy atom. The molecule has 0 saturated carbocycles. The molecule has 0 unspecified atom stereocenters. The molecule has 5 heteroatoms. The molecule has 1 radical (unpaired) electrons. The molecule has 3 nitrogen and oxygen atoms in total. The van der Waals surface area contributed by atoms with Crippen LogP contribution in [0.15, 0.2) is 38.9 Å². The molecule has 1 rings (SSSR count). The van der Waals surface area contributed by atoms with Gasteiger partial charge in [0.2, 0.25) is 0 Å². The third-order valence-electron chi connectivity index (χ3n) is 1.21. The Labute approximate surface area is 93.1 Å². The Morgan fingerprint density at radius 2 is 2.31 bits per heavy atom. The molecule has 0 amide bonds. The van der Waals surface area contributed by atoms with E-state index < -0.39 is 0 Å². The second-order valence-corrected chi connectivity index (χ2v) is 4.03. The molecule has 1 aromatic carbocycles. The van der Waals surface area contributed by atoms with Crippen LogP contribution < -0.4 is 5.73 Å². The Morgan fingerprint density at radius 1 is 1.54 bits per heavy atom. The van der Waals surface area contributed by atoms with Crippen molar-refractivity contribution in [1.29, 1.82) is 0 Å². The van der Waals surface area contributed by atoms with Crippen molar-refractivity contribution in [3.8, 4) is 0 Å². The number of rotatable bonds is 2. The molecule has 0 aliphatic carbocycles. The average Bonchev–Trinajstić information content (AvgIpc) is 2.03. The van der Waals surface area contributed by atoms with Crippen LogP contribution in [0.25, 0.3) is 0 Å². The van der Waals surface area contributed by atoms with E-state index in [-0.39, 0.29) is 0 Å². The van der Waals surface area contributed by atoms with Gasteiger partial charge in [0.1, 0.15) is 0 Å².